The van der Waals surface area contributed by atoms with Gasteiger partial charge in [0.05, 0.1) is 54.3 Å². The van der Waals surface area contributed by atoms with Crippen LogP contribution in [0, 0.1) is 106 Å². The third-order valence-corrected chi connectivity index (χ3v) is 25.6. The molecule has 6 fully saturated rings. The number of phenolic OH excluding ortho intramolecular Hbond substituents is 1. The van der Waals surface area contributed by atoms with Gasteiger partial charge in [-0.1, -0.05) is 84.2 Å². The Hall–Kier alpha value is -4.54. The van der Waals surface area contributed by atoms with Crippen molar-refractivity contribution < 1.29 is 49.8 Å². The second-order valence-electron chi connectivity index (χ2n) is 27.5. The molecule has 82 heavy (non-hydrogen) atoms. The minimum absolute atomic E-state index is 0.0428. The number of aliphatic hydroxyl groups is 5. The number of aromatic hydroxyl groups is 1. The molecular formula is C65H85N5O10S2. The number of guanidine groups is 1. The molecule has 4 saturated carbocycles. The Bertz CT molecular complexity index is 2980. The maximum absolute atomic E-state index is 16.1. The lowest BCUT2D eigenvalue weighted by Crippen LogP contribution is -2.67. The number of cyclic esters (lactones) is 1. The van der Waals surface area contributed by atoms with E-state index in [4.69, 9.17) is 16.2 Å². The van der Waals surface area contributed by atoms with E-state index in [-0.39, 0.29) is 141 Å². The van der Waals surface area contributed by atoms with Gasteiger partial charge in [-0.25, -0.2) is 0 Å². The van der Waals surface area contributed by atoms with Crippen molar-refractivity contribution in [3.05, 3.63) is 88.9 Å². The molecule has 8 aliphatic carbocycles. The zero-order valence-electron chi connectivity index (χ0n) is 47.8. The average Bonchev–Trinajstić information content (AvgIpc) is 1.38. The molecule has 2 aliphatic heterocycles. The molecule has 2 aromatic rings. The third kappa shape index (κ3) is 9.54. The summed E-state index contributed by atoms with van der Waals surface area (Å²) in [5.74, 6) is 4.04. The number of ketones is 2. The highest BCUT2D eigenvalue weighted by Gasteiger charge is 2.75. The van der Waals surface area contributed by atoms with Crippen LogP contribution in [0.25, 0.3) is 0 Å². The summed E-state index contributed by atoms with van der Waals surface area (Å²) in [5.41, 5.74) is 10.0. The Morgan fingerprint density at radius 3 is 2.48 bits per heavy atom. The highest BCUT2D eigenvalue weighted by molar-refractivity contribution is 8.76. The van der Waals surface area contributed by atoms with Crippen molar-refractivity contribution in [1.82, 2.24) is 10.3 Å². The van der Waals surface area contributed by atoms with Gasteiger partial charge in [-0.15, -0.1) is 5.92 Å². The monoisotopic (exact) mass is 1160 g/mol. The van der Waals surface area contributed by atoms with Crippen LogP contribution >= 0.6 is 21.6 Å². The molecule has 0 radical (unpaired) electrons. The SMILES string of the molecule is C[C@@H]1CCC2=C[C@H]3C=C[C@@H]4[C@H]([C@@H]5COC(=O)[C@@H]5c5cc[nH]c5)C#CC[C@@H]5C[C@@]6(O)C7=C8NCC(=O)C[C@@H](c9ccc(O)cc9)CSSC[C@H]9[C@@H](O)[C@@H](O)C[C@@](C)([C@@H]9C8=O)[C@H]7CC[C@]6(CCN=C(N)N)[C@H]5[C@@](C)(O)[C@H](O)C[C@@H](C)[C@H]3[C@@H]4[C@H]2C1. The van der Waals surface area contributed by atoms with Crippen LogP contribution in [0.2, 0.25) is 0 Å². The predicted molar refractivity (Wildman–Crippen MR) is 316 cm³/mol. The first-order valence-electron chi connectivity index (χ1n) is 30.5. The number of aromatic amines is 1. The smallest absolute Gasteiger partial charge is 0.313 e. The number of fused-ring (bicyclic) bond motifs is 8. The standard InChI is InChI=1S/C65H85N5O10S2/c1-33-8-9-36-24-37-12-15-44-43(46-30-80-60(77)52(46)39-17-20-68-28-39)7-5-6-38-26-65(79)55-48(16-18-64(65,19-21-69-61(66)67)59(38)63(4,78)50(74)23-34(2)51(37)53(44)45(36)22-33)62(3)27-49(73)57(75)47-32-82-81-31-40(35-10-13-41(71)14-11-35)25-42(72)29-70-56(55)58(76)54(47)62/h10-15,17,20,24,28,33-34,37-38,40,43-54,57,59,68,70-71,73-75,78-79H,6,8-9,16,18-19,21-23,25-27,29-32H2,1-4H3,(H4,66,67,69)/t33-,34-,37-,38-,40-,43-,44-,45+,46+,47-,48+,49+,50-,51-,52-,53+,54+,57-,59-,62-,63+,64+,65-/m1/s1. The summed E-state index contributed by atoms with van der Waals surface area (Å²) in [6.07, 6.45) is 12.2. The van der Waals surface area contributed by atoms with Crippen molar-refractivity contribution in [2.75, 3.05) is 31.2 Å². The number of hydrogen-bond acceptors (Lipinski definition) is 14. The zero-order chi connectivity index (χ0) is 57.8. The summed E-state index contributed by atoms with van der Waals surface area (Å²) in [7, 11) is 3.08. The van der Waals surface area contributed by atoms with Gasteiger partial charge in [0.1, 0.15) is 5.75 Å². The molecular weight excluding hydrogens is 1070 g/mol. The van der Waals surface area contributed by atoms with Crippen molar-refractivity contribution in [2.45, 2.75) is 140 Å². The lowest BCUT2D eigenvalue weighted by molar-refractivity contribution is -0.194. The molecule has 10 aliphatic rings. The molecule has 15 nitrogen and oxygen atoms in total. The molecule has 0 unspecified atom stereocenters. The van der Waals surface area contributed by atoms with E-state index >= 15 is 4.79 Å². The van der Waals surface area contributed by atoms with E-state index in [2.05, 4.69) is 59.2 Å². The normalized spacial score (nSPS) is 45.4. The number of benzene rings is 1. The van der Waals surface area contributed by atoms with E-state index in [1.54, 1.807) is 29.9 Å². The average molecular weight is 1160 g/mol. The van der Waals surface area contributed by atoms with Crippen LogP contribution in [-0.4, -0.2) is 120 Å². The van der Waals surface area contributed by atoms with Gasteiger partial charge in [0.2, 0.25) is 0 Å². The quantitative estimate of drug-likeness (QED) is 0.0352. The van der Waals surface area contributed by atoms with Gasteiger partial charge in [-0.3, -0.25) is 19.4 Å². The number of esters is 1. The van der Waals surface area contributed by atoms with E-state index in [1.165, 1.54) is 16.4 Å². The number of nitrogens with one attached hydrogen (secondary N) is 2. The van der Waals surface area contributed by atoms with Gasteiger partial charge >= 0.3 is 5.97 Å². The molecule has 1 aromatic carbocycles. The first-order valence-corrected chi connectivity index (χ1v) is 32.9. The Morgan fingerprint density at radius 1 is 0.939 bits per heavy atom. The fourth-order valence-corrected chi connectivity index (χ4v) is 22.4. The molecule has 442 valence electrons. The highest BCUT2D eigenvalue weighted by atomic mass is 33.1. The van der Waals surface area contributed by atoms with Crippen LogP contribution in [-0.2, 0) is 19.1 Å². The van der Waals surface area contributed by atoms with Crippen LogP contribution in [0.3, 0.4) is 0 Å². The van der Waals surface area contributed by atoms with Gasteiger partial charge in [0, 0.05) is 84.2 Å². The number of H-pyrrole nitrogens is 1. The third-order valence-electron chi connectivity index (χ3n) is 23.1. The molecule has 17 heteroatoms. The first-order chi connectivity index (χ1) is 39.2. The number of aliphatic hydroxyl groups excluding tert-OH is 3. The minimum Gasteiger partial charge on any atom is -0.508 e. The number of phenols is 1. The van der Waals surface area contributed by atoms with Crippen LogP contribution in [0.15, 0.2) is 82.8 Å². The number of allylic oxidation sites excluding steroid dienone is 5. The van der Waals surface area contributed by atoms with Gasteiger partial charge in [-0.2, -0.15) is 0 Å². The summed E-state index contributed by atoms with van der Waals surface area (Å²) >= 11 is 0. The Morgan fingerprint density at radius 2 is 1.72 bits per heavy atom. The summed E-state index contributed by atoms with van der Waals surface area (Å²) in [4.78, 5) is 52.2. The van der Waals surface area contributed by atoms with Crippen molar-refractivity contribution >= 4 is 45.1 Å². The lowest BCUT2D eigenvalue weighted by atomic mass is 9.43. The summed E-state index contributed by atoms with van der Waals surface area (Å²) < 4.78 is 6.03. The summed E-state index contributed by atoms with van der Waals surface area (Å²) in [6.45, 7) is 8.39. The van der Waals surface area contributed by atoms with Gasteiger partial charge < -0.3 is 57.1 Å². The molecule has 1 aromatic heterocycles. The number of Topliss-reactive ketones (excluding diaryl/α,β-unsaturated/α-hetero) is 2. The lowest BCUT2D eigenvalue weighted by Gasteiger charge is -2.63. The highest BCUT2D eigenvalue weighted by Crippen LogP contribution is 2.73. The number of nitrogens with zero attached hydrogens (tertiary/aromatic N) is 1. The fraction of sp³-hybridized carbons (Fsp3) is 0.662. The van der Waals surface area contributed by atoms with Gasteiger partial charge in [0.25, 0.3) is 0 Å². The predicted octanol–water partition coefficient (Wildman–Crippen LogP) is 6.90. The number of rotatable bonds is 6. The van der Waals surface area contributed by atoms with E-state index in [0.717, 1.165) is 30.4 Å². The number of aromatic nitrogens is 1. The van der Waals surface area contributed by atoms with Gasteiger partial charge in [-0.05, 0) is 158 Å². The number of carbonyl (C=O) groups excluding carboxylic acids is 3. The molecule has 0 amide bonds. The number of hydrogen-bond donors (Lipinski definition) is 10. The maximum atomic E-state index is 16.1. The number of aliphatic imine (C=N–C) groups is 1. The maximum Gasteiger partial charge on any atom is 0.313 e. The summed E-state index contributed by atoms with van der Waals surface area (Å²) in [6, 6.07) is 8.81. The van der Waals surface area contributed by atoms with Crippen LogP contribution in [0.5, 0.6) is 5.75 Å². The molecule has 12 rings (SSSR count). The Labute approximate surface area is 490 Å². The minimum atomic E-state index is -1.88. The van der Waals surface area contributed by atoms with Crippen molar-refractivity contribution in [1.29, 1.82) is 0 Å². The number of nitrogens with two attached hydrogens (primary N) is 2. The number of carbonyl (C=O) groups is 3. The Kier molecular flexibility index (Phi) is 15.6. The van der Waals surface area contributed by atoms with Crippen LogP contribution in [0.4, 0.5) is 0 Å². The second kappa shape index (κ2) is 22.1. The van der Waals surface area contributed by atoms with Gasteiger partial charge in [0.15, 0.2) is 17.5 Å². The van der Waals surface area contributed by atoms with E-state index in [9.17, 15) is 40.2 Å². The Balaban J connectivity index is 1.02. The molecule has 3 heterocycles. The van der Waals surface area contributed by atoms with Crippen LogP contribution in [0.1, 0.15) is 121 Å². The van der Waals surface area contributed by atoms with Crippen molar-refractivity contribution in [3.63, 3.8) is 0 Å². The summed E-state index contributed by atoms with van der Waals surface area (Å²) in [5, 5.41) is 79.3. The van der Waals surface area contributed by atoms with Crippen molar-refractivity contribution in [3.8, 4) is 17.6 Å². The second-order valence-corrected chi connectivity index (χ2v) is 30.0. The topological polar surface area (TPSA) is 274 Å². The molecule has 2 saturated heterocycles. The zero-order valence-corrected chi connectivity index (χ0v) is 49.4. The largest absolute Gasteiger partial charge is 0.508 e. The molecule has 0 spiro atoms. The van der Waals surface area contributed by atoms with E-state index < -0.39 is 75.9 Å². The fourth-order valence-electron chi connectivity index (χ4n) is 19.6. The molecule has 12 N–H and O–H groups in total. The van der Waals surface area contributed by atoms with E-state index in [0.29, 0.717) is 41.8 Å². The van der Waals surface area contributed by atoms with Crippen LogP contribution < -0.4 is 16.8 Å². The number of ether oxygens (including phenoxy) is 1. The first kappa shape index (κ1) is 57.9. The van der Waals surface area contributed by atoms with Crippen molar-refractivity contribution in [2.24, 2.45) is 110 Å². The van der Waals surface area contributed by atoms with E-state index in [1.807, 2.05) is 37.5 Å². The molecule has 23 atom stereocenters. The molecule has 6 bridgehead atoms.